The van der Waals surface area contributed by atoms with Crippen LogP contribution in [0, 0.1) is 0 Å². The summed E-state index contributed by atoms with van der Waals surface area (Å²) in [7, 11) is 0. The normalized spacial score (nSPS) is 13.4. The van der Waals surface area contributed by atoms with Gasteiger partial charge in [0.2, 0.25) is 0 Å². The number of rotatable bonds is 5. The van der Waals surface area contributed by atoms with E-state index in [-0.39, 0.29) is 11.6 Å². The number of alkyl halides is 2. The van der Waals surface area contributed by atoms with E-state index < -0.39 is 6.43 Å². The predicted molar refractivity (Wildman–Crippen MR) is 61.5 cm³/mol. The van der Waals surface area contributed by atoms with Crippen molar-refractivity contribution in [2.45, 2.75) is 32.4 Å². The second-order valence-corrected chi connectivity index (χ2v) is 4.08. The third-order valence-corrected chi connectivity index (χ3v) is 2.36. The van der Waals surface area contributed by atoms with Crippen molar-refractivity contribution in [3.63, 3.8) is 0 Å². The van der Waals surface area contributed by atoms with Crippen LogP contribution in [0.2, 0.25) is 0 Å². The van der Waals surface area contributed by atoms with Gasteiger partial charge >= 0.3 is 0 Å². The van der Waals surface area contributed by atoms with Gasteiger partial charge in [-0.25, -0.2) is 8.78 Å². The molecule has 0 bridgehead atoms. The van der Waals surface area contributed by atoms with Gasteiger partial charge in [-0.05, 0) is 5.56 Å². The molecule has 0 heterocycles. The molecule has 1 unspecified atom stereocenters. The Hall–Kier alpha value is -1.00. The smallest absolute Gasteiger partial charge is 0.263 e. The predicted octanol–water partition coefficient (Wildman–Crippen LogP) is 2.62. The lowest BCUT2D eigenvalue weighted by Gasteiger charge is -2.20. The van der Waals surface area contributed by atoms with E-state index in [4.69, 9.17) is 5.73 Å². The zero-order chi connectivity index (χ0) is 12.1. The summed E-state index contributed by atoms with van der Waals surface area (Å²) in [4.78, 5) is 0. The van der Waals surface area contributed by atoms with Gasteiger partial charge in [0.05, 0.1) is 0 Å². The molecule has 0 aliphatic rings. The Bertz CT molecular complexity index is 309. The second kappa shape index (κ2) is 5.92. The van der Waals surface area contributed by atoms with Crippen LogP contribution < -0.4 is 11.1 Å². The van der Waals surface area contributed by atoms with Crippen LogP contribution >= 0.6 is 0 Å². The monoisotopic (exact) mass is 228 g/mol. The highest BCUT2D eigenvalue weighted by atomic mass is 19.3. The summed E-state index contributed by atoms with van der Waals surface area (Å²) >= 11 is 0. The van der Waals surface area contributed by atoms with Gasteiger partial charge in [-0.3, -0.25) is 0 Å². The fourth-order valence-corrected chi connectivity index (χ4v) is 1.58. The first-order chi connectivity index (χ1) is 7.54. The van der Waals surface area contributed by atoms with Crippen molar-refractivity contribution in [3.8, 4) is 0 Å². The van der Waals surface area contributed by atoms with Crippen molar-refractivity contribution in [2.24, 2.45) is 5.73 Å². The highest BCUT2D eigenvalue weighted by molar-refractivity contribution is 5.26. The highest BCUT2D eigenvalue weighted by Crippen LogP contribution is 2.21. The first kappa shape index (κ1) is 13.1. The molecule has 0 saturated heterocycles. The van der Waals surface area contributed by atoms with Crippen molar-refractivity contribution in [1.82, 2.24) is 5.32 Å². The lowest BCUT2D eigenvalue weighted by atomic mass is 10.0. The molecule has 1 aromatic carbocycles. The van der Waals surface area contributed by atoms with E-state index in [9.17, 15) is 8.78 Å². The molecule has 0 aliphatic heterocycles. The lowest BCUT2D eigenvalue weighted by Crippen LogP contribution is -2.33. The molecular formula is C12H18F2N2. The topological polar surface area (TPSA) is 38.0 Å². The molecule has 0 radical (unpaired) electrons. The molecular weight excluding hydrogens is 210 g/mol. The van der Waals surface area contributed by atoms with E-state index in [0.717, 1.165) is 5.56 Å². The quantitative estimate of drug-likeness (QED) is 0.813. The minimum Gasteiger partial charge on any atom is -0.329 e. The van der Waals surface area contributed by atoms with Gasteiger partial charge in [0, 0.05) is 24.2 Å². The van der Waals surface area contributed by atoms with E-state index >= 15 is 0 Å². The molecule has 90 valence electrons. The maximum Gasteiger partial charge on any atom is 0.263 e. The molecule has 0 aromatic heterocycles. The Labute approximate surface area is 94.8 Å². The van der Waals surface area contributed by atoms with Gasteiger partial charge in [0.1, 0.15) is 0 Å². The summed E-state index contributed by atoms with van der Waals surface area (Å²) in [5, 5.41) is 3.28. The minimum absolute atomic E-state index is 0.0201. The summed E-state index contributed by atoms with van der Waals surface area (Å²) in [6.07, 6.45) is -2.41. The van der Waals surface area contributed by atoms with E-state index in [1.807, 2.05) is 13.8 Å². The largest absolute Gasteiger partial charge is 0.329 e. The van der Waals surface area contributed by atoms with Crippen molar-refractivity contribution in [2.75, 3.05) is 6.54 Å². The molecule has 4 heteroatoms. The molecule has 1 atom stereocenters. The fourth-order valence-electron chi connectivity index (χ4n) is 1.58. The minimum atomic E-state index is -2.41. The Morgan fingerprint density at radius 2 is 1.62 bits per heavy atom. The summed E-state index contributed by atoms with van der Waals surface area (Å²) < 4.78 is 24.7. The first-order valence-electron chi connectivity index (χ1n) is 5.38. The van der Waals surface area contributed by atoms with Gasteiger partial charge in [0.25, 0.3) is 6.43 Å². The molecule has 0 amide bonds. The lowest BCUT2D eigenvalue weighted by molar-refractivity contribution is 0.151. The Kier molecular flexibility index (Phi) is 4.83. The van der Waals surface area contributed by atoms with Crippen LogP contribution in [0.3, 0.4) is 0 Å². The summed E-state index contributed by atoms with van der Waals surface area (Å²) in [5.74, 6) is 0. The van der Waals surface area contributed by atoms with Crippen molar-refractivity contribution < 1.29 is 8.78 Å². The van der Waals surface area contributed by atoms with E-state index in [2.05, 4.69) is 5.32 Å². The standard InChI is InChI=1S/C12H18F2N2/c1-8(2)16-11(7-15)9-3-5-10(6-4-9)12(13)14/h3-6,8,11-12,16H,7,15H2,1-2H3. The van der Waals surface area contributed by atoms with Crippen LogP contribution in [0.1, 0.15) is 37.4 Å². The molecule has 0 saturated carbocycles. The number of nitrogens with one attached hydrogen (secondary N) is 1. The van der Waals surface area contributed by atoms with Gasteiger partial charge in [-0.1, -0.05) is 38.1 Å². The maximum absolute atomic E-state index is 12.4. The average molecular weight is 228 g/mol. The maximum atomic E-state index is 12.4. The molecule has 3 N–H and O–H groups in total. The third-order valence-electron chi connectivity index (χ3n) is 2.36. The van der Waals surface area contributed by atoms with E-state index in [1.165, 1.54) is 12.1 Å². The fraction of sp³-hybridized carbons (Fsp3) is 0.500. The molecule has 0 aliphatic carbocycles. The zero-order valence-electron chi connectivity index (χ0n) is 9.58. The molecule has 0 fully saturated rings. The first-order valence-corrected chi connectivity index (χ1v) is 5.38. The molecule has 16 heavy (non-hydrogen) atoms. The van der Waals surface area contributed by atoms with Crippen molar-refractivity contribution in [1.29, 1.82) is 0 Å². The van der Waals surface area contributed by atoms with E-state index in [0.29, 0.717) is 12.6 Å². The van der Waals surface area contributed by atoms with Crippen LogP contribution in [-0.4, -0.2) is 12.6 Å². The van der Waals surface area contributed by atoms with Gasteiger partial charge in [-0.15, -0.1) is 0 Å². The summed E-state index contributed by atoms with van der Waals surface area (Å²) in [6.45, 7) is 4.50. The van der Waals surface area contributed by atoms with Crippen LogP contribution in [0.5, 0.6) is 0 Å². The van der Waals surface area contributed by atoms with Crippen LogP contribution in [0.4, 0.5) is 8.78 Å². The van der Waals surface area contributed by atoms with E-state index in [1.54, 1.807) is 12.1 Å². The zero-order valence-corrected chi connectivity index (χ0v) is 9.58. The number of benzene rings is 1. The number of hydrogen-bond donors (Lipinski definition) is 2. The van der Waals surface area contributed by atoms with Gasteiger partial charge in [-0.2, -0.15) is 0 Å². The number of halogens is 2. The summed E-state index contributed by atoms with van der Waals surface area (Å²) in [5.41, 5.74) is 6.63. The van der Waals surface area contributed by atoms with Gasteiger partial charge < -0.3 is 11.1 Å². The van der Waals surface area contributed by atoms with Crippen LogP contribution in [0.15, 0.2) is 24.3 Å². The Morgan fingerprint density at radius 3 is 2.00 bits per heavy atom. The SMILES string of the molecule is CC(C)NC(CN)c1ccc(C(F)F)cc1. The van der Waals surface area contributed by atoms with Crippen molar-refractivity contribution in [3.05, 3.63) is 35.4 Å². The van der Waals surface area contributed by atoms with Gasteiger partial charge in [0.15, 0.2) is 0 Å². The van der Waals surface area contributed by atoms with Crippen molar-refractivity contribution >= 4 is 0 Å². The number of nitrogens with two attached hydrogens (primary N) is 1. The Morgan fingerprint density at radius 1 is 1.12 bits per heavy atom. The van der Waals surface area contributed by atoms with Crippen LogP contribution in [-0.2, 0) is 0 Å². The second-order valence-electron chi connectivity index (χ2n) is 4.08. The third kappa shape index (κ3) is 3.54. The highest BCUT2D eigenvalue weighted by Gasteiger charge is 2.12. The molecule has 1 rings (SSSR count). The molecule has 0 spiro atoms. The summed E-state index contributed by atoms with van der Waals surface area (Å²) in [6, 6.07) is 6.63. The Balaban J connectivity index is 2.78. The average Bonchev–Trinajstić information content (AvgIpc) is 2.25. The molecule has 2 nitrogen and oxygen atoms in total. The molecule has 1 aromatic rings. The van der Waals surface area contributed by atoms with Crippen LogP contribution in [0.25, 0.3) is 0 Å². The number of hydrogen-bond acceptors (Lipinski definition) is 2.